The van der Waals surface area contributed by atoms with Crippen LogP contribution in [0.4, 0.5) is 4.39 Å². The van der Waals surface area contributed by atoms with Gasteiger partial charge < -0.3 is 19.9 Å². The molecular formula is C16H24FNO3. The normalized spacial score (nSPS) is 22.2. The zero-order valence-corrected chi connectivity index (χ0v) is 12.5. The Bertz CT molecular complexity index is 442. The van der Waals surface area contributed by atoms with Crippen LogP contribution in [0.5, 0.6) is 5.75 Å². The Balaban J connectivity index is 1.89. The highest BCUT2D eigenvalue weighted by molar-refractivity contribution is 5.29. The van der Waals surface area contributed by atoms with Gasteiger partial charge in [-0.25, -0.2) is 4.39 Å². The van der Waals surface area contributed by atoms with Gasteiger partial charge in [0, 0.05) is 20.2 Å². The molecule has 1 aliphatic carbocycles. The highest BCUT2D eigenvalue weighted by Gasteiger charge is 2.25. The van der Waals surface area contributed by atoms with Gasteiger partial charge in [-0.15, -0.1) is 0 Å². The lowest BCUT2D eigenvalue weighted by atomic mass is 9.95. The van der Waals surface area contributed by atoms with Gasteiger partial charge in [-0.3, -0.25) is 0 Å². The number of hydrogen-bond donors (Lipinski definition) is 2. The third kappa shape index (κ3) is 4.95. The first-order valence-electron chi connectivity index (χ1n) is 7.53. The topological polar surface area (TPSA) is 50.7 Å². The Morgan fingerprint density at radius 3 is 2.86 bits per heavy atom. The predicted octanol–water partition coefficient (Wildman–Crippen LogP) is 2.24. The average Bonchev–Trinajstić information content (AvgIpc) is 2.48. The largest absolute Gasteiger partial charge is 0.485 e. The summed E-state index contributed by atoms with van der Waals surface area (Å²) in [6.45, 7) is 1.94. The summed E-state index contributed by atoms with van der Waals surface area (Å²) in [5.41, 5.74) is 0.861. The summed E-state index contributed by atoms with van der Waals surface area (Å²) in [7, 11) is 1.65. The first-order chi connectivity index (χ1) is 10.2. The van der Waals surface area contributed by atoms with Gasteiger partial charge >= 0.3 is 0 Å². The van der Waals surface area contributed by atoms with Crippen LogP contribution in [0.3, 0.4) is 0 Å². The zero-order chi connectivity index (χ0) is 15.1. The van der Waals surface area contributed by atoms with Gasteiger partial charge in [0.25, 0.3) is 0 Å². The number of benzene rings is 1. The molecular weight excluding hydrogens is 273 g/mol. The molecule has 4 nitrogen and oxygen atoms in total. The second-order valence-electron chi connectivity index (χ2n) is 5.44. The van der Waals surface area contributed by atoms with Crippen molar-refractivity contribution in [2.75, 3.05) is 20.3 Å². The molecule has 0 aliphatic heterocycles. The van der Waals surface area contributed by atoms with E-state index in [4.69, 9.17) is 9.47 Å². The summed E-state index contributed by atoms with van der Waals surface area (Å²) in [6.07, 6.45) is 2.75. The molecule has 0 heterocycles. The molecule has 118 valence electrons. The number of hydrogen-bond acceptors (Lipinski definition) is 4. The number of rotatable bonds is 7. The summed E-state index contributed by atoms with van der Waals surface area (Å²) in [6, 6.07) is 4.96. The minimum atomic E-state index is -0.492. The first kappa shape index (κ1) is 16.2. The summed E-state index contributed by atoms with van der Waals surface area (Å²) < 4.78 is 24.6. The molecule has 0 aromatic heterocycles. The maximum absolute atomic E-state index is 14.0. The smallest absolute Gasteiger partial charge is 0.165 e. The van der Waals surface area contributed by atoms with Crippen molar-refractivity contribution in [1.82, 2.24) is 5.32 Å². The molecule has 1 saturated carbocycles. The number of methoxy groups -OCH3 is 1. The molecule has 1 fully saturated rings. The van der Waals surface area contributed by atoms with E-state index < -0.39 is 6.10 Å². The molecule has 0 spiro atoms. The number of aliphatic hydroxyl groups is 1. The van der Waals surface area contributed by atoms with Crippen molar-refractivity contribution >= 4 is 0 Å². The van der Waals surface area contributed by atoms with Crippen LogP contribution in [0.1, 0.15) is 31.2 Å². The number of aliphatic hydroxyl groups excluding tert-OH is 1. The molecule has 21 heavy (non-hydrogen) atoms. The SMILES string of the molecule is COCCNCc1ccc(OC2CCCCC2O)c(F)c1. The van der Waals surface area contributed by atoms with E-state index >= 15 is 0 Å². The van der Waals surface area contributed by atoms with E-state index in [0.717, 1.165) is 37.8 Å². The third-order valence-electron chi connectivity index (χ3n) is 3.75. The van der Waals surface area contributed by atoms with Gasteiger partial charge in [0.15, 0.2) is 11.6 Å². The second-order valence-corrected chi connectivity index (χ2v) is 5.44. The molecule has 0 amide bonds. The van der Waals surface area contributed by atoms with Crippen LogP contribution in [0.15, 0.2) is 18.2 Å². The quantitative estimate of drug-likeness (QED) is 0.758. The van der Waals surface area contributed by atoms with Crippen molar-refractivity contribution in [3.63, 3.8) is 0 Å². The molecule has 2 N–H and O–H groups in total. The fraction of sp³-hybridized carbons (Fsp3) is 0.625. The maximum atomic E-state index is 14.0. The van der Waals surface area contributed by atoms with Gasteiger partial charge in [0.05, 0.1) is 12.7 Å². The zero-order valence-electron chi connectivity index (χ0n) is 12.5. The first-order valence-corrected chi connectivity index (χ1v) is 7.53. The molecule has 0 radical (unpaired) electrons. The van der Waals surface area contributed by atoms with Gasteiger partial charge in [-0.05, 0) is 37.0 Å². The minimum absolute atomic E-state index is 0.224. The molecule has 2 rings (SSSR count). The third-order valence-corrected chi connectivity index (χ3v) is 3.75. The average molecular weight is 297 g/mol. The molecule has 0 bridgehead atoms. The van der Waals surface area contributed by atoms with Crippen molar-refractivity contribution in [3.8, 4) is 5.75 Å². The molecule has 1 aromatic rings. The second kappa shape index (κ2) is 8.32. The van der Waals surface area contributed by atoms with Gasteiger partial charge in [-0.2, -0.15) is 0 Å². The molecule has 0 saturated heterocycles. The van der Waals surface area contributed by atoms with E-state index in [1.165, 1.54) is 6.07 Å². The fourth-order valence-corrected chi connectivity index (χ4v) is 2.53. The van der Waals surface area contributed by atoms with Gasteiger partial charge in [-0.1, -0.05) is 12.5 Å². The van der Waals surface area contributed by atoms with Crippen molar-refractivity contribution in [3.05, 3.63) is 29.6 Å². The van der Waals surface area contributed by atoms with Crippen molar-refractivity contribution in [1.29, 1.82) is 0 Å². The summed E-state index contributed by atoms with van der Waals surface area (Å²) in [5, 5.41) is 13.0. The van der Waals surface area contributed by atoms with Crippen LogP contribution in [0, 0.1) is 5.82 Å². The lowest BCUT2D eigenvalue weighted by Crippen LogP contribution is -2.34. The van der Waals surface area contributed by atoms with E-state index in [2.05, 4.69) is 5.32 Å². The highest BCUT2D eigenvalue weighted by atomic mass is 19.1. The number of ether oxygens (including phenoxy) is 2. The molecule has 1 aliphatic rings. The van der Waals surface area contributed by atoms with Crippen molar-refractivity contribution in [2.24, 2.45) is 0 Å². The standard InChI is InChI=1S/C16H24FNO3/c1-20-9-8-18-11-12-6-7-15(13(17)10-12)21-16-5-3-2-4-14(16)19/h6-7,10,14,16,18-19H,2-5,8-9,11H2,1H3. The van der Waals surface area contributed by atoms with Crippen LogP contribution < -0.4 is 10.1 Å². The Morgan fingerprint density at radius 2 is 2.14 bits per heavy atom. The number of nitrogens with one attached hydrogen (secondary N) is 1. The van der Waals surface area contributed by atoms with Gasteiger partial charge in [0.2, 0.25) is 0 Å². The molecule has 2 unspecified atom stereocenters. The Labute approximate surface area is 125 Å². The summed E-state index contributed by atoms with van der Waals surface area (Å²) >= 11 is 0. The molecule has 1 aromatic carbocycles. The van der Waals surface area contributed by atoms with Crippen LogP contribution in [-0.4, -0.2) is 37.6 Å². The van der Waals surface area contributed by atoms with E-state index in [9.17, 15) is 9.50 Å². The molecule has 2 atom stereocenters. The predicted molar refractivity (Wildman–Crippen MR) is 78.9 cm³/mol. The fourth-order valence-electron chi connectivity index (χ4n) is 2.53. The van der Waals surface area contributed by atoms with E-state index in [0.29, 0.717) is 13.2 Å². The van der Waals surface area contributed by atoms with Crippen LogP contribution in [-0.2, 0) is 11.3 Å². The van der Waals surface area contributed by atoms with Crippen molar-refractivity contribution < 1.29 is 19.0 Å². The van der Waals surface area contributed by atoms with E-state index in [1.807, 2.05) is 6.07 Å². The highest BCUT2D eigenvalue weighted by Crippen LogP contribution is 2.26. The lowest BCUT2D eigenvalue weighted by Gasteiger charge is -2.28. The van der Waals surface area contributed by atoms with Gasteiger partial charge in [0.1, 0.15) is 6.10 Å². The summed E-state index contributed by atoms with van der Waals surface area (Å²) in [4.78, 5) is 0. The Hall–Kier alpha value is -1.17. The lowest BCUT2D eigenvalue weighted by molar-refractivity contribution is 0.00498. The Kier molecular flexibility index (Phi) is 6.42. The van der Waals surface area contributed by atoms with E-state index in [1.54, 1.807) is 13.2 Å². The van der Waals surface area contributed by atoms with Crippen LogP contribution in [0.2, 0.25) is 0 Å². The molecule has 5 heteroatoms. The monoisotopic (exact) mass is 297 g/mol. The Morgan fingerprint density at radius 1 is 1.33 bits per heavy atom. The minimum Gasteiger partial charge on any atom is -0.485 e. The van der Waals surface area contributed by atoms with Crippen LogP contribution in [0.25, 0.3) is 0 Å². The van der Waals surface area contributed by atoms with Crippen LogP contribution >= 0.6 is 0 Å². The van der Waals surface area contributed by atoms with Crippen molar-refractivity contribution in [2.45, 2.75) is 44.4 Å². The van der Waals surface area contributed by atoms with E-state index in [-0.39, 0.29) is 17.7 Å². The number of halogens is 1. The summed E-state index contributed by atoms with van der Waals surface area (Å²) in [5.74, 6) is -0.152. The maximum Gasteiger partial charge on any atom is 0.165 e.